The molecular formula is C35H35NSi. The van der Waals surface area contributed by atoms with E-state index in [1.54, 1.807) is 5.19 Å². The standard InChI is InChI=1S/C35H35NSi/c1-22-8-15-31(24(3)18-22)36(32-16-9-23(2)19-25(32)4)29-20-27-11-10-26-13-17-33(37(5,6)7)30-14-12-28(21-29)34(27)35(26)30/h8-21H,1-7H3. The van der Waals surface area contributed by atoms with Crippen LogP contribution in [0, 0.1) is 27.7 Å². The molecule has 37 heavy (non-hydrogen) atoms. The van der Waals surface area contributed by atoms with Gasteiger partial charge >= 0.3 is 0 Å². The minimum atomic E-state index is -1.47. The topological polar surface area (TPSA) is 3.24 Å². The Hall–Kier alpha value is -3.62. The lowest BCUT2D eigenvalue weighted by molar-refractivity contribution is 1.21. The summed E-state index contributed by atoms with van der Waals surface area (Å²) >= 11 is 0. The summed E-state index contributed by atoms with van der Waals surface area (Å²) in [5.41, 5.74) is 8.80. The number of hydrogen-bond donors (Lipinski definition) is 0. The van der Waals surface area contributed by atoms with E-state index in [4.69, 9.17) is 0 Å². The molecule has 184 valence electrons. The first kappa shape index (κ1) is 23.8. The van der Waals surface area contributed by atoms with Crippen LogP contribution in [0.3, 0.4) is 0 Å². The van der Waals surface area contributed by atoms with Crippen LogP contribution in [0.15, 0.2) is 84.9 Å². The minimum Gasteiger partial charge on any atom is -0.310 e. The molecule has 0 saturated heterocycles. The highest BCUT2D eigenvalue weighted by Gasteiger charge is 2.23. The summed E-state index contributed by atoms with van der Waals surface area (Å²) in [6.45, 7) is 16.1. The largest absolute Gasteiger partial charge is 0.310 e. The molecule has 6 aromatic rings. The van der Waals surface area contributed by atoms with E-state index in [-0.39, 0.29) is 0 Å². The molecule has 0 aliphatic rings. The molecule has 0 atom stereocenters. The van der Waals surface area contributed by atoms with Gasteiger partial charge in [-0.05, 0) is 95.4 Å². The zero-order chi connectivity index (χ0) is 26.1. The van der Waals surface area contributed by atoms with Gasteiger partial charge in [-0.2, -0.15) is 0 Å². The highest BCUT2D eigenvalue weighted by Crippen LogP contribution is 2.43. The third-order valence-electron chi connectivity index (χ3n) is 7.84. The highest BCUT2D eigenvalue weighted by atomic mass is 28.3. The Balaban J connectivity index is 1.66. The monoisotopic (exact) mass is 497 g/mol. The lowest BCUT2D eigenvalue weighted by Crippen LogP contribution is -2.38. The lowest BCUT2D eigenvalue weighted by atomic mass is 9.93. The maximum atomic E-state index is 2.45. The Morgan fingerprint density at radius 2 is 1.03 bits per heavy atom. The van der Waals surface area contributed by atoms with Gasteiger partial charge in [-0.1, -0.05) is 96.6 Å². The van der Waals surface area contributed by atoms with E-state index in [0.29, 0.717) is 0 Å². The van der Waals surface area contributed by atoms with Gasteiger partial charge in [0, 0.05) is 17.1 Å². The van der Waals surface area contributed by atoms with Gasteiger partial charge < -0.3 is 4.90 Å². The summed E-state index contributed by atoms with van der Waals surface area (Å²) in [4.78, 5) is 2.45. The summed E-state index contributed by atoms with van der Waals surface area (Å²) in [7, 11) is -1.47. The quantitative estimate of drug-likeness (QED) is 0.173. The number of benzene rings is 6. The molecule has 0 unspecified atom stereocenters. The van der Waals surface area contributed by atoms with Gasteiger partial charge in [0.25, 0.3) is 0 Å². The molecule has 6 aromatic carbocycles. The Bertz CT molecular complexity index is 1730. The second kappa shape index (κ2) is 8.46. The molecule has 0 fully saturated rings. The molecular weight excluding hydrogens is 462 g/mol. The Labute approximate surface area is 221 Å². The summed E-state index contributed by atoms with van der Waals surface area (Å²) in [5.74, 6) is 0. The first-order valence-electron chi connectivity index (χ1n) is 13.3. The van der Waals surface area contributed by atoms with Crippen molar-refractivity contribution < 1.29 is 0 Å². The molecule has 0 aromatic heterocycles. The summed E-state index contributed by atoms with van der Waals surface area (Å²) in [6.07, 6.45) is 0. The van der Waals surface area contributed by atoms with E-state index in [1.807, 2.05) is 0 Å². The summed E-state index contributed by atoms with van der Waals surface area (Å²) in [5, 5.41) is 9.74. The first-order valence-corrected chi connectivity index (χ1v) is 16.8. The SMILES string of the molecule is Cc1ccc(N(c2cc3ccc4ccc([Si](C)(C)C)c5ccc(c2)c3c45)c2ccc(C)cc2C)c(C)c1. The third kappa shape index (κ3) is 3.91. The predicted octanol–water partition coefficient (Wildman–Crippen LogP) is 9.83. The van der Waals surface area contributed by atoms with Crippen molar-refractivity contribution in [3.05, 3.63) is 107 Å². The van der Waals surface area contributed by atoms with Gasteiger partial charge in [-0.3, -0.25) is 0 Å². The molecule has 0 saturated carbocycles. The van der Waals surface area contributed by atoms with Crippen LogP contribution in [-0.4, -0.2) is 8.07 Å². The molecule has 0 amide bonds. The van der Waals surface area contributed by atoms with Gasteiger partial charge in [-0.15, -0.1) is 0 Å². The van der Waals surface area contributed by atoms with Crippen LogP contribution in [0.2, 0.25) is 19.6 Å². The molecule has 6 rings (SSSR count). The second-order valence-electron chi connectivity index (χ2n) is 11.8. The molecule has 0 N–H and O–H groups in total. The van der Waals surface area contributed by atoms with E-state index in [1.165, 1.54) is 71.6 Å². The number of aryl methyl sites for hydroxylation is 4. The van der Waals surface area contributed by atoms with Crippen LogP contribution < -0.4 is 10.1 Å². The molecule has 0 heterocycles. The van der Waals surface area contributed by atoms with Crippen molar-refractivity contribution in [3.63, 3.8) is 0 Å². The third-order valence-corrected chi connectivity index (χ3v) is 9.89. The van der Waals surface area contributed by atoms with Crippen LogP contribution in [0.5, 0.6) is 0 Å². The number of hydrogen-bond acceptors (Lipinski definition) is 1. The van der Waals surface area contributed by atoms with Gasteiger partial charge in [0.05, 0.1) is 8.07 Å². The van der Waals surface area contributed by atoms with E-state index >= 15 is 0 Å². The molecule has 0 aliphatic heterocycles. The normalized spacial score (nSPS) is 12.2. The van der Waals surface area contributed by atoms with Crippen molar-refractivity contribution in [1.29, 1.82) is 0 Å². The fourth-order valence-corrected chi connectivity index (χ4v) is 7.71. The van der Waals surface area contributed by atoms with Crippen molar-refractivity contribution in [3.8, 4) is 0 Å². The van der Waals surface area contributed by atoms with Crippen LogP contribution >= 0.6 is 0 Å². The number of nitrogens with zero attached hydrogens (tertiary/aromatic N) is 1. The minimum absolute atomic E-state index is 1.20. The number of rotatable bonds is 4. The van der Waals surface area contributed by atoms with Crippen molar-refractivity contribution >= 4 is 62.6 Å². The molecule has 0 radical (unpaired) electrons. The van der Waals surface area contributed by atoms with Gasteiger partial charge in [0.15, 0.2) is 0 Å². The average molecular weight is 498 g/mol. The van der Waals surface area contributed by atoms with Crippen molar-refractivity contribution in [1.82, 2.24) is 0 Å². The summed E-state index contributed by atoms with van der Waals surface area (Å²) < 4.78 is 0. The first-order chi connectivity index (χ1) is 17.6. The molecule has 0 aliphatic carbocycles. The van der Waals surface area contributed by atoms with Gasteiger partial charge in [0.1, 0.15) is 0 Å². The Morgan fingerprint density at radius 1 is 0.514 bits per heavy atom. The Morgan fingerprint density at radius 3 is 1.57 bits per heavy atom. The smallest absolute Gasteiger partial charge is 0.0784 e. The fraction of sp³-hybridized carbons (Fsp3) is 0.200. The zero-order valence-corrected chi connectivity index (χ0v) is 24.0. The van der Waals surface area contributed by atoms with Crippen molar-refractivity contribution in [2.75, 3.05) is 4.90 Å². The highest BCUT2D eigenvalue weighted by molar-refractivity contribution is 6.90. The van der Waals surface area contributed by atoms with E-state index < -0.39 is 8.07 Å². The van der Waals surface area contributed by atoms with Crippen LogP contribution in [0.25, 0.3) is 32.3 Å². The molecule has 2 heteroatoms. The van der Waals surface area contributed by atoms with Crippen molar-refractivity contribution in [2.24, 2.45) is 0 Å². The van der Waals surface area contributed by atoms with Crippen molar-refractivity contribution in [2.45, 2.75) is 47.3 Å². The molecule has 1 nitrogen and oxygen atoms in total. The molecule has 0 spiro atoms. The van der Waals surface area contributed by atoms with Crippen LogP contribution in [0.1, 0.15) is 22.3 Å². The van der Waals surface area contributed by atoms with E-state index in [2.05, 4.69) is 137 Å². The van der Waals surface area contributed by atoms with Crippen LogP contribution in [0.4, 0.5) is 17.1 Å². The molecule has 0 bridgehead atoms. The maximum Gasteiger partial charge on any atom is 0.0784 e. The van der Waals surface area contributed by atoms with E-state index in [9.17, 15) is 0 Å². The summed E-state index contributed by atoms with van der Waals surface area (Å²) in [6, 6.07) is 32.4. The lowest BCUT2D eigenvalue weighted by Gasteiger charge is -2.30. The van der Waals surface area contributed by atoms with E-state index in [0.717, 1.165) is 0 Å². The number of anilines is 3. The zero-order valence-electron chi connectivity index (χ0n) is 23.0. The second-order valence-corrected chi connectivity index (χ2v) is 16.9. The maximum absolute atomic E-state index is 2.45. The predicted molar refractivity (Wildman–Crippen MR) is 167 cm³/mol. The van der Waals surface area contributed by atoms with Crippen LogP contribution in [-0.2, 0) is 0 Å². The average Bonchev–Trinajstić information content (AvgIpc) is 2.84. The fourth-order valence-electron chi connectivity index (χ4n) is 6.11. The van der Waals surface area contributed by atoms with Gasteiger partial charge in [-0.25, -0.2) is 0 Å². The Kier molecular flexibility index (Phi) is 5.43. The van der Waals surface area contributed by atoms with Gasteiger partial charge in [0.2, 0.25) is 0 Å².